The van der Waals surface area contributed by atoms with Gasteiger partial charge in [-0.3, -0.25) is 0 Å². The summed E-state index contributed by atoms with van der Waals surface area (Å²) in [5.41, 5.74) is 2.91. The molecule has 1 saturated heterocycles. The molecule has 0 bridgehead atoms. The van der Waals surface area contributed by atoms with Gasteiger partial charge in [0, 0.05) is 4.90 Å². The lowest BCUT2D eigenvalue weighted by atomic mass is 9.99. The number of hydrogen-bond donors (Lipinski definition) is 0. The summed E-state index contributed by atoms with van der Waals surface area (Å²) < 4.78 is 32.7. The van der Waals surface area contributed by atoms with Crippen LogP contribution in [0, 0.1) is 0 Å². The van der Waals surface area contributed by atoms with E-state index in [-0.39, 0.29) is 11.5 Å². The van der Waals surface area contributed by atoms with Crippen molar-refractivity contribution in [1.82, 2.24) is 0 Å². The van der Waals surface area contributed by atoms with Crippen molar-refractivity contribution in [1.29, 1.82) is 0 Å². The van der Waals surface area contributed by atoms with Gasteiger partial charge in [-0.25, -0.2) is 0 Å². The van der Waals surface area contributed by atoms with Gasteiger partial charge < -0.3 is 23.7 Å². The van der Waals surface area contributed by atoms with Gasteiger partial charge in [0.15, 0.2) is 6.10 Å². The lowest BCUT2D eigenvalue weighted by Gasteiger charge is -2.45. The van der Waals surface area contributed by atoms with Crippen molar-refractivity contribution in [2.75, 3.05) is 6.61 Å². The smallest absolute Gasteiger partial charge is 0.162 e. The minimum atomic E-state index is -0.437. The van der Waals surface area contributed by atoms with E-state index in [1.54, 1.807) is 18.0 Å². The van der Waals surface area contributed by atoms with E-state index in [2.05, 4.69) is 48.5 Å². The highest BCUT2D eigenvalue weighted by molar-refractivity contribution is 7.99. The summed E-state index contributed by atoms with van der Waals surface area (Å²) in [4.78, 5) is 1.09. The zero-order chi connectivity index (χ0) is 28.8. The van der Waals surface area contributed by atoms with Crippen LogP contribution >= 0.6 is 11.8 Å². The second-order valence-electron chi connectivity index (χ2n) is 10.1. The quantitative estimate of drug-likeness (QED) is 0.141. The van der Waals surface area contributed by atoms with Crippen molar-refractivity contribution in [2.24, 2.45) is 0 Å². The molecule has 0 aromatic heterocycles. The molecule has 42 heavy (non-hydrogen) atoms. The first-order chi connectivity index (χ1) is 20.8. The van der Waals surface area contributed by atoms with Crippen LogP contribution < -0.4 is 0 Å². The topological polar surface area (TPSA) is 46.2 Å². The Balaban J connectivity index is 1.43. The third-order valence-electron chi connectivity index (χ3n) is 6.92. The molecule has 5 rings (SSSR count). The number of allylic oxidation sites excluding steroid dienone is 1. The van der Waals surface area contributed by atoms with E-state index in [1.807, 2.05) is 85.8 Å². The van der Waals surface area contributed by atoms with Gasteiger partial charge in [0.1, 0.15) is 23.7 Å². The number of ether oxygens (including phenoxy) is 5. The fourth-order valence-electron chi connectivity index (χ4n) is 4.85. The van der Waals surface area contributed by atoms with E-state index in [1.165, 1.54) is 0 Å². The molecule has 0 unspecified atom stereocenters. The van der Waals surface area contributed by atoms with Gasteiger partial charge in [-0.2, -0.15) is 0 Å². The molecule has 4 aromatic rings. The van der Waals surface area contributed by atoms with Gasteiger partial charge in [0.25, 0.3) is 0 Å². The van der Waals surface area contributed by atoms with Crippen LogP contribution in [-0.2, 0) is 43.5 Å². The highest BCUT2D eigenvalue weighted by Crippen LogP contribution is 2.38. The van der Waals surface area contributed by atoms with E-state index in [0.29, 0.717) is 26.4 Å². The Morgan fingerprint density at radius 2 is 1.12 bits per heavy atom. The summed E-state index contributed by atoms with van der Waals surface area (Å²) in [6.45, 7) is 3.61. The minimum absolute atomic E-state index is 0.349. The monoisotopic (exact) mass is 582 g/mol. The molecule has 1 aliphatic heterocycles. The molecule has 0 spiro atoms. The molecule has 1 fully saturated rings. The van der Waals surface area contributed by atoms with Crippen LogP contribution in [0.15, 0.2) is 139 Å². The molecule has 5 atom stereocenters. The van der Waals surface area contributed by atoms with E-state index in [9.17, 15) is 0 Å². The maximum atomic E-state index is 6.80. The predicted molar refractivity (Wildman–Crippen MR) is 167 cm³/mol. The van der Waals surface area contributed by atoms with Crippen molar-refractivity contribution in [3.63, 3.8) is 0 Å². The van der Waals surface area contributed by atoms with Crippen molar-refractivity contribution < 1.29 is 23.7 Å². The van der Waals surface area contributed by atoms with Gasteiger partial charge in [0.05, 0.1) is 32.7 Å². The Bertz CT molecular complexity index is 1320. The van der Waals surface area contributed by atoms with Gasteiger partial charge >= 0.3 is 0 Å². The van der Waals surface area contributed by atoms with Gasteiger partial charge in [0.2, 0.25) is 0 Å². The number of hydrogen-bond acceptors (Lipinski definition) is 6. The SMILES string of the molecule is C/C=C/O[C@H]1[C@@H](OCc2ccccc2)[C@H](OCc2ccccc2)[C@@H](COCc2ccccc2)O[C@@H]1Sc1ccccc1. The second kappa shape index (κ2) is 16.3. The predicted octanol–water partition coefficient (Wildman–Crippen LogP) is 7.81. The van der Waals surface area contributed by atoms with Crippen LogP contribution in [-0.4, -0.2) is 36.5 Å². The lowest BCUT2D eigenvalue weighted by Crippen LogP contribution is -2.60. The first-order valence-electron chi connectivity index (χ1n) is 14.4. The Kier molecular flexibility index (Phi) is 11.7. The standard InChI is InChI=1S/C36H38O5S/c1-2-23-38-35-34(40-26-30-19-11-5-12-20-30)33(39-25-29-17-9-4-10-18-29)32(27-37-24-28-15-7-3-8-16-28)41-36(35)42-31-21-13-6-14-22-31/h2-23,32-36H,24-27H2,1H3/b23-2+/t32-,33-,34+,35+,36-/m1/s1. The molecule has 1 heterocycles. The average Bonchev–Trinajstić information content (AvgIpc) is 3.04. The fraction of sp³-hybridized carbons (Fsp3) is 0.278. The highest BCUT2D eigenvalue weighted by Gasteiger charge is 2.49. The van der Waals surface area contributed by atoms with E-state index < -0.39 is 18.3 Å². The van der Waals surface area contributed by atoms with Gasteiger partial charge in [-0.05, 0) is 35.7 Å². The molecule has 0 N–H and O–H groups in total. The number of thioether (sulfide) groups is 1. The van der Waals surface area contributed by atoms with Crippen LogP contribution in [0.5, 0.6) is 0 Å². The molecule has 0 amide bonds. The van der Waals surface area contributed by atoms with Crippen LogP contribution in [0.3, 0.4) is 0 Å². The van der Waals surface area contributed by atoms with Gasteiger partial charge in [-0.15, -0.1) is 0 Å². The Hall–Kier alpha value is -3.39. The third kappa shape index (κ3) is 8.81. The summed E-state index contributed by atoms with van der Waals surface area (Å²) >= 11 is 1.63. The summed E-state index contributed by atoms with van der Waals surface area (Å²) in [5.74, 6) is 0. The van der Waals surface area contributed by atoms with Crippen molar-refractivity contribution in [2.45, 2.75) is 61.5 Å². The molecule has 0 aliphatic carbocycles. The third-order valence-corrected chi connectivity index (χ3v) is 8.08. The lowest BCUT2D eigenvalue weighted by molar-refractivity contribution is -0.244. The van der Waals surface area contributed by atoms with Crippen molar-refractivity contribution >= 4 is 11.8 Å². The number of benzene rings is 4. The van der Waals surface area contributed by atoms with Crippen LogP contribution in [0.2, 0.25) is 0 Å². The Morgan fingerprint density at radius 3 is 1.67 bits per heavy atom. The summed E-state index contributed by atoms with van der Waals surface area (Å²) in [6, 6.07) is 40.8. The van der Waals surface area contributed by atoms with Crippen LogP contribution in [0.4, 0.5) is 0 Å². The van der Waals surface area contributed by atoms with Gasteiger partial charge in [-0.1, -0.05) is 127 Å². The molecule has 218 valence electrons. The average molecular weight is 583 g/mol. The summed E-state index contributed by atoms with van der Waals surface area (Å²) in [5, 5.41) is 0. The first-order valence-corrected chi connectivity index (χ1v) is 15.2. The number of rotatable bonds is 14. The molecular formula is C36H38O5S. The Labute approximate surface area is 253 Å². The maximum absolute atomic E-state index is 6.80. The molecule has 0 saturated carbocycles. The molecule has 6 heteroatoms. The summed E-state index contributed by atoms with van der Waals surface area (Å²) in [6.07, 6.45) is 1.92. The molecule has 0 radical (unpaired) electrons. The molecule has 4 aromatic carbocycles. The fourth-order valence-corrected chi connectivity index (χ4v) is 5.98. The largest absolute Gasteiger partial charge is 0.492 e. The normalized spacial score (nSPS) is 22.3. The van der Waals surface area contributed by atoms with Crippen molar-refractivity contribution in [3.8, 4) is 0 Å². The molecule has 1 aliphatic rings. The van der Waals surface area contributed by atoms with Crippen LogP contribution in [0.1, 0.15) is 23.6 Å². The highest BCUT2D eigenvalue weighted by atomic mass is 32.2. The molecule has 5 nitrogen and oxygen atoms in total. The zero-order valence-corrected chi connectivity index (χ0v) is 24.7. The summed E-state index contributed by atoms with van der Waals surface area (Å²) in [7, 11) is 0. The second-order valence-corrected chi connectivity index (χ2v) is 11.2. The maximum Gasteiger partial charge on any atom is 0.162 e. The molecular weight excluding hydrogens is 544 g/mol. The first kappa shape index (κ1) is 30.1. The zero-order valence-electron chi connectivity index (χ0n) is 23.9. The van der Waals surface area contributed by atoms with Crippen molar-refractivity contribution in [3.05, 3.63) is 150 Å². The van der Waals surface area contributed by atoms with E-state index in [4.69, 9.17) is 23.7 Å². The minimum Gasteiger partial charge on any atom is -0.492 e. The van der Waals surface area contributed by atoms with E-state index >= 15 is 0 Å². The Morgan fingerprint density at radius 1 is 0.619 bits per heavy atom. The van der Waals surface area contributed by atoms with E-state index in [0.717, 1.165) is 21.6 Å². The van der Waals surface area contributed by atoms with Crippen LogP contribution in [0.25, 0.3) is 0 Å².